The quantitative estimate of drug-likeness (QED) is 0.148. The van der Waals surface area contributed by atoms with Crippen molar-refractivity contribution in [1.82, 2.24) is 0 Å². The highest BCUT2D eigenvalue weighted by molar-refractivity contribution is 7.97. The van der Waals surface area contributed by atoms with E-state index >= 15 is 0 Å². The van der Waals surface area contributed by atoms with E-state index in [1.54, 1.807) is 31.2 Å². The van der Waals surface area contributed by atoms with E-state index in [1.165, 1.54) is 12.1 Å². The van der Waals surface area contributed by atoms with E-state index < -0.39 is 63.0 Å². The molecule has 1 heterocycles. The molecule has 13 heteroatoms. The minimum absolute atomic E-state index is 0.0424. The Morgan fingerprint density at radius 1 is 0.844 bits per heavy atom. The van der Waals surface area contributed by atoms with Gasteiger partial charge in [-0.2, -0.15) is 30.4 Å². The Bertz CT molecular complexity index is 1590. The Labute approximate surface area is 263 Å². The van der Waals surface area contributed by atoms with Crippen LogP contribution in [0.2, 0.25) is 0 Å². The molecule has 0 amide bonds. The third-order valence-electron chi connectivity index (χ3n) is 7.76. The fourth-order valence-corrected chi connectivity index (χ4v) is 7.11. The van der Waals surface area contributed by atoms with Crippen LogP contribution in [0.4, 0.5) is 22.0 Å². The maximum Gasteiger partial charge on any atom is 0.405 e. The van der Waals surface area contributed by atoms with Gasteiger partial charge in [0.15, 0.2) is 26.6 Å². The zero-order chi connectivity index (χ0) is 33.6. The van der Waals surface area contributed by atoms with Crippen molar-refractivity contribution < 1.29 is 49.1 Å². The van der Waals surface area contributed by atoms with Crippen LogP contribution in [0.15, 0.2) is 87.5 Å². The molecule has 0 bridgehead atoms. The molecule has 2 atom stereocenters. The third-order valence-corrected chi connectivity index (χ3v) is 11.0. The summed E-state index contributed by atoms with van der Waals surface area (Å²) in [5.74, 6) is -1.47. The maximum atomic E-state index is 14.1. The van der Waals surface area contributed by atoms with Gasteiger partial charge >= 0.3 is 21.5 Å². The summed E-state index contributed by atoms with van der Waals surface area (Å²) in [5.41, 5.74) is -0.624. The molecule has 45 heavy (non-hydrogen) atoms. The molecule has 6 nitrogen and oxygen atoms in total. The number of ether oxygens (including phenoxy) is 3. The zero-order valence-electron chi connectivity index (χ0n) is 25.6. The highest BCUT2D eigenvalue weighted by Crippen LogP contribution is 2.46. The van der Waals surface area contributed by atoms with Crippen molar-refractivity contribution in [3.63, 3.8) is 0 Å². The van der Waals surface area contributed by atoms with Crippen molar-refractivity contribution in [2.24, 2.45) is 5.41 Å². The monoisotopic (exact) mass is 675 g/mol. The summed E-state index contributed by atoms with van der Waals surface area (Å²) in [6.45, 7) is 8.58. The Morgan fingerprint density at radius 3 is 1.82 bits per heavy atom. The lowest BCUT2D eigenvalue weighted by Gasteiger charge is -2.43. The second kappa shape index (κ2) is 12.1. The molecule has 3 aromatic rings. The van der Waals surface area contributed by atoms with Crippen LogP contribution in [-0.2, 0) is 41.7 Å². The number of hydrogen-bond acceptors (Lipinski definition) is 5. The van der Waals surface area contributed by atoms with Gasteiger partial charge in [-0.3, -0.25) is 4.55 Å². The van der Waals surface area contributed by atoms with Gasteiger partial charge in [-0.25, -0.2) is 0 Å². The van der Waals surface area contributed by atoms with Crippen molar-refractivity contribution in [2.75, 3.05) is 13.2 Å². The van der Waals surface area contributed by atoms with Gasteiger partial charge < -0.3 is 14.2 Å². The van der Waals surface area contributed by atoms with Gasteiger partial charge in [0.05, 0.1) is 24.1 Å². The van der Waals surface area contributed by atoms with Crippen LogP contribution in [0.3, 0.4) is 0 Å². The van der Waals surface area contributed by atoms with E-state index in [2.05, 4.69) is 20.8 Å². The van der Waals surface area contributed by atoms with Crippen molar-refractivity contribution >= 4 is 21.0 Å². The Morgan fingerprint density at radius 2 is 1.36 bits per heavy atom. The Kier molecular flexibility index (Phi) is 9.49. The summed E-state index contributed by atoms with van der Waals surface area (Å²) >= 11 is 0. The molecular formula is C32H36F5O6S2+. The van der Waals surface area contributed by atoms with E-state index in [4.69, 9.17) is 18.8 Å². The molecule has 0 aliphatic carbocycles. The second-order valence-corrected chi connectivity index (χ2v) is 16.0. The van der Waals surface area contributed by atoms with Gasteiger partial charge in [0, 0.05) is 11.6 Å². The van der Waals surface area contributed by atoms with Crippen LogP contribution < -0.4 is 4.74 Å². The summed E-state index contributed by atoms with van der Waals surface area (Å²) in [5, 5.41) is -4.53. The van der Waals surface area contributed by atoms with Gasteiger partial charge in [0.25, 0.3) is 0 Å². The molecular weight excluding hydrogens is 639 g/mol. The summed E-state index contributed by atoms with van der Waals surface area (Å²) in [6, 6.07) is 21.3. The summed E-state index contributed by atoms with van der Waals surface area (Å²) in [7, 11) is -6.49. The van der Waals surface area contributed by atoms with Crippen LogP contribution >= 0.6 is 0 Å². The lowest BCUT2D eigenvalue weighted by Crippen LogP contribution is -2.52. The molecule has 1 N–H and O–H groups in total. The van der Waals surface area contributed by atoms with Crippen LogP contribution in [0, 0.1) is 5.41 Å². The van der Waals surface area contributed by atoms with Crippen molar-refractivity contribution in [3.8, 4) is 5.75 Å². The summed E-state index contributed by atoms with van der Waals surface area (Å²) < 4.78 is 117. The first kappa shape index (κ1) is 35.1. The van der Waals surface area contributed by atoms with Gasteiger partial charge in [0.2, 0.25) is 0 Å². The average molecular weight is 676 g/mol. The smallest absolute Gasteiger partial charge is 0.405 e. The van der Waals surface area contributed by atoms with Crippen molar-refractivity contribution in [3.05, 3.63) is 83.9 Å². The molecule has 0 saturated carbocycles. The van der Waals surface area contributed by atoms with Gasteiger partial charge in [-0.05, 0) is 74.2 Å². The fraction of sp³-hybridized carbons (Fsp3) is 0.438. The SMILES string of the molecule is CC(Oc1ccc([S+](c2ccc(C(C)(C)C)cc2)c2cccc(C3(C)OCC(C)(C(F)(F)F)CO3)c2)cc1)C(F)(F)S(=O)(=O)O. The van der Waals surface area contributed by atoms with Crippen LogP contribution in [0.5, 0.6) is 5.75 Å². The zero-order valence-corrected chi connectivity index (χ0v) is 27.2. The third kappa shape index (κ3) is 7.32. The topological polar surface area (TPSA) is 82.1 Å². The van der Waals surface area contributed by atoms with Gasteiger partial charge in [0.1, 0.15) is 11.2 Å². The van der Waals surface area contributed by atoms with Crippen molar-refractivity contribution in [1.29, 1.82) is 0 Å². The first-order valence-corrected chi connectivity index (χ1v) is 16.7. The van der Waals surface area contributed by atoms with E-state index in [9.17, 15) is 30.4 Å². The van der Waals surface area contributed by atoms with Crippen LogP contribution in [0.1, 0.15) is 52.7 Å². The van der Waals surface area contributed by atoms with E-state index in [0.717, 1.165) is 34.1 Å². The second-order valence-electron chi connectivity index (χ2n) is 12.5. The molecule has 1 fully saturated rings. The number of halogens is 5. The number of rotatable bonds is 8. The highest BCUT2D eigenvalue weighted by Gasteiger charge is 2.56. The number of benzene rings is 3. The molecule has 0 radical (unpaired) electrons. The number of alkyl halides is 5. The standard InChI is InChI=1S/C32H35F5O6S2/c1-21(31(33,34)45(38,39)40)43-24-12-16-26(17-13-24)44(25-14-10-22(11-15-25)28(2,3)4)27-9-7-8-23(18-27)30(6)41-19-29(5,20-42-30)32(35,36)37/h7-18,21H,19-20H2,1-6H3/p+1. The molecule has 1 aliphatic heterocycles. The molecule has 1 saturated heterocycles. The first-order chi connectivity index (χ1) is 20.6. The lowest BCUT2D eigenvalue weighted by molar-refractivity contribution is -0.354. The van der Waals surface area contributed by atoms with E-state index in [1.807, 2.05) is 36.4 Å². The molecule has 0 aromatic heterocycles. The first-order valence-electron chi connectivity index (χ1n) is 14.0. The summed E-state index contributed by atoms with van der Waals surface area (Å²) in [6.07, 6.45) is -6.67. The van der Waals surface area contributed by atoms with Gasteiger partial charge in [-0.1, -0.05) is 45.0 Å². The average Bonchev–Trinajstić information content (AvgIpc) is 2.94. The van der Waals surface area contributed by atoms with E-state index in [-0.39, 0.29) is 11.2 Å². The highest BCUT2D eigenvalue weighted by atomic mass is 32.2. The van der Waals surface area contributed by atoms with Crippen LogP contribution in [-0.4, -0.2) is 43.7 Å². The maximum absolute atomic E-state index is 14.1. The van der Waals surface area contributed by atoms with E-state index in [0.29, 0.717) is 5.56 Å². The molecule has 4 rings (SSSR count). The Balaban J connectivity index is 1.71. The minimum atomic E-state index is -5.70. The molecule has 2 unspecified atom stereocenters. The predicted octanol–water partition coefficient (Wildman–Crippen LogP) is 8.12. The van der Waals surface area contributed by atoms with Crippen LogP contribution in [0.25, 0.3) is 0 Å². The summed E-state index contributed by atoms with van der Waals surface area (Å²) in [4.78, 5) is 2.44. The fourth-order valence-electron chi connectivity index (χ4n) is 4.55. The van der Waals surface area contributed by atoms with Crippen molar-refractivity contribution in [2.45, 2.75) is 85.0 Å². The normalized spacial score (nSPS) is 22.9. The molecule has 1 aliphatic rings. The molecule has 0 spiro atoms. The number of hydrogen-bond donors (Lipinski definition) is 1. The molecule has 3 aromatic carbocycles. The molecule has 246 valence electrons. The van der Waals surface area contributed by atoms with Gasteiger partial charge in [-0.15, -0.1) is 0 Å². The predicted molar refractivity (Wildman–Crippen MR) is 160 cm³/mol. The Hall–Kier alpha value is -2.71. The lowest BCUT2D eigenvalue weighted by atomic mass is 9.87. The largest absolute Gasteiger partial charge is 0.483 e. The minimum Gasteiger partial charge on any atom is -0.483 e.